The lowest BCUT2D eigenvalue weighted by Gasteiger charge is -2.12. The van der Waals surface area contributed by atoms with E-state index < -0.39 is 8.24 Å². The van der Waals surface area contributed by atoms with Gasteiger partial charge in [0, 0.05) is 14.1 Å². The Balaban J connectivity index is 3.08. The van der Waals surface area contributed by atoms with Gasteiger partial charge >= 0.3 is 6.03 Å². The second-order valence-electron chi connectivity index (χ2n) is 4.31. The molecule has 1 heterocycles. The van der Waals surface area contributed by atoms with Gasteiger partial charge in [-0.1, -0.05) is 0 Å². The molecule has 1 fully saturated rings. The average Bonchev–Trinajstić information content (AvgIpc) is 2.20. The summed E-state index contributed by atoms with van der Waals surface area (Å²) in [5.74, 6) is -0.0309. The molecule has 0 aromatic carbocycles. The van der Waals surface area contributed by atoms with Crippen LogP contribution in [0.3, 0.4) is 0 Å². The zero-order valence-electron chi connectivity index (χ0n) is 9.16. The molecule has 0 aliphatic carbocycles. The summed E-state index contributed by atoms with van der Waals surface area (Å²) in [6.45, 7) is 6.05. The van der Waals surface area contributed by atoms with Gasteiger partial charge in [0.1, 0.15) is 0 Å². The number of imide groups is 1. The lowest BCUT2D eigenvalue weighted by molar-refractivity contribution is -0.119. The van der Waals surface area contributed by atoms with Crippen LogP contribution in [0.5, 0.6) is 0 Å². The van der Waals surface area contributed by atoms with Gasteiger partial charge in [-0.15, -0.1) is 0 Å². The molecule has 78 valence electrons. The van der Waals surface area contributed by atoms with Gasteiger partial charge in [0.05, 0.1) is 0 Å². The van der Waals surface area contributed by atoms with E-state index in [1.807, 2.05) is 19.6 Å². The summed E-state index contributed by atoms with van der Waals surface area (Å²) in [5.41, 5.74) is 0. The van der Waals surface area contributed by atoms with Gasteiger partial charge in [-0.3, -0.25) is 14.6 Å². The van der Waals surface area contributed by atoms with Crippen LogP contribution in [-0.4, -0.2) is 49.9 Å². The van der Waals surface area contributed by atoms with E-state index in [-0.39, 0.29) is 17.8 Å². The molecular weight excluding hydrogens is 198 g/mol. The highest BCUT2D eigenvalue weighted by molar-refractivity contribution is 6.77. The van der Waals surface area contributed by atoms with Crippen LogP contribution < -0.4 is 0 Å². The number of nitrogens with zero attached hydrogens (tertiary/aromatic N) is 3. The number of likely N-dealkylation sites (N-methyl/N-ethyl adjacent to an activating group) is 2. The molecule has 0 atom stereocenters. The van der Waals surface area contributed by atoms with E-state index in [4.69, 9.17) is 0 Å². The molecule has 6 heteroatoms. The molecule has 0 bridgehead atoms. The van der Waals surface area contributed by atoms with Crippen LogP contribution in [0.1, 0.15) is 0 Å². The Kier molecular flexibility index (Phi) is 2.49. The lowest BCUT2D eigenvalue weighted by atomic mass is 10.5. The normalized spacial score (nSPS) is 21.4. The third-order valence-electron chi connectivity index (χ3n) is 1.83. The highest BCUT2D eigenvalue weighted by Crippen LogP contribution is 2.12. The van der Waals surface area contributed by atoms with Gasteiger partial charge in [-0.25, -0.2) is 4.79 Å². The minimum Gasteiger partial charge on any atom is -0.302 e. The topological polar surface area (TPSA) is 53.0 Å². The number of carbonyl (C=O) groups excluding carboxylic acids is 2. The Morgan fingerprint density at radius 1 is 1.07 bits per heavy atom. The second-order valence-corrected chi connectivity index (χ2v) is 8.88. The van der Waals surface area contributed by atoms with Gasteiger partial charge in [0.15, 0.2) is 14.1 Å². The first-order valence-electron chi connectivity index (χ1n) is 4.39. The molecule has 5 nitrogen and oxygen atoms in total. The molecule has 0 radical (unpaired) electrons. The highest BCUT2D eigenvalue weighted by Gasteiger charge is 2.38. The molecule has 14 heavy (non-hydrogen) atoms. The van der Waals surface area contributed by atoms with Crippen molar-refractivity contribution in [3.05, 3.63) is 0 Å². The largest absolute Gasteiger partial charge is 0.332 e. The first kappa shape index (κ1) is 10.9. The van der Waals surface area contributed by atoms with Crippen molar-refractivity contribution in [1.29, 1.82) is 0 Å². The van der Waals surface area contributed by atoms with E-state index in [0.29, 0.717) is 0 Å². The second kappa shape index (κ2) is 3.20. The predicted molar refractivity (Wildman–Crippen MR) is 56.7 cm³/mol. The van der Waals surface area contributed by atoms with Crippen LogP contribution in [0, 0.1) is 0 Å². The molecule has 1 saturated heterocycles. The number of hydrogen-bond acceptors (Lipinski definition) is 3. The summed E-state index contributed by atoms with van der Waals surface area (Å²) in [6.07, 6.45) is 0. The summed E-state index contributed by atoms with van der Waals surface area (Å²) >= 11 is 0. The number of hydrogen-bond donors (Lipinski definition) is 0. The van der Waals surface area contributed by atoms with Crippen molar-refractivity contribution in [1.82, 2.24) is 9.80 Å². The van der Waals surface area contributed by atoms with Crippen LogP contribution in [0.2, 0.25) is 19.6 Å². The average molecular weight is 213 g/mol. The molecule has 0 unspecified atom stereocenters. The van der Waals surface area contributed by atoms with E-state index in [1.54, 1.807) is 7.05 Å². The molecule has 0 spiro atoms. The molecule has 0 aromatic heterocycles. The summed E-state index contributed by atoms with van der Waals surface area (Å²) in [4.78, 5) is 25.3. The molecule has 1 aliphatic rings. The zero-order chi connectivity index (χ0) is 11.1. The van der Waals surface area contributed by atoms with Crippen LogP contribution in [0.25, 0.3) is 0 Å². The SMILES string of the molecule is CN1C(=O)C(=N[Si](C)(C)C)N(C)C1=O. The van der Waals surface area contributed by atoms with Crippen LogP contribution in [0.15, 0.2) is 4.66 Å². The van der Waals surface area contributed by atoms with Crippen molar-refractivity contribution in [2.45, 2.75) is 19.6 Å². The summed E-state index contributed by atoms with van der Waals surface area (Å²) in [7, 11) is 1.32. The maximum atomic E-state index is 11.6. The van der Waals surface area contributed by atoms with E-state index in [9.17, 15) is 9.59 Å². The number of amides is 3. The van der Waals surface area contributed by atoms with Crippen molar-refractivity contribution in [3.63, 3.8) is 0 Å². The van der Waals surface area contributed by atoms with E-state index in [0.717, 1.165) is 4.90 Å². The minimum atomic E-state index is -1.72. The number of carbonyl (C=O) groups is 2. The molecule has 1 aliphatic heterocycles. The van der Waals surface area contributed by atoms with Crippen molar-refractivity contribution < 1.29 is 9.59 Å². The van der Waals surface area contributed by atoms with Crippen LogP contribution in [0.4, 0.5) is 4.79 Å². The van der Waals surface area contributed by atoms with E-state index >= 15 is 0 Å². The minimum absolute atomic E-state index is 0.275. The monoisotopic (exact) mass is 213 g/mol. The molecular formula is C8H15N3O2Si. The predicted octanol–water partition coefficient (Wildman–Crippen LogP) is 0.744. The summed E-state index contributed by atoms with van der Waals surface area (Å²) in [6, 6.07) is -0.313. The molecule has 0 saturated carbocycles. The Hall–Kier alpha value is -1.17. The standard InChI is InChI=1S/C8H15N3O2Si/c1-10-6(9-14(3,4)5)7(12)11(2)8(10)13/h1-5H3. The van der Waals surface area contributed by atoms with Crippen LogP contribution >= 0.6 is 0 Å². The fraction of sp³-hybridized carbons (Fsp3) is 0.625. The van der Waals surface area contributed by atoms with Gasteiger partial charge in [-0.2, -0.15) is 0 Å². The van der Waals surface area contributed by atoms with Crippen molar-refractivity contribution in [3.8, 4) is 0 Å². The smallest absolute Gasteiger partial charge is 0.302 e. The third-order valence-corrected chi connectivity index (χ3v) is 2.71. The Morgan fingerprint density at radius 2 is 1.57 bits per heavy atom. The van der Waals surface area contributed by atoms with Gasteiger partial charge in [0.25, 0.3) is 5.91 Å². The lowest BCUT2D eigenvalue weighted by Crippen LogP contribution is -2.31. The maximum Gasteiger partial charge on any atom is 0.332 e. The Bertz CT molecular complexity index is 319. The van der Waals surface area contributed by atoms with Crippen molar-refractivity contribution >= 4 is 26.0 Å². The summed E-state index contributed by atoms with van der Waals surface area (Å²) < 4.78 is 4.34. The number of urea groups is 1. The van der Waals surface area contributed by atoms with Gasteiger partial charge in [-0.05, 0) is 19.6 Å². The molecule has 0 N–H and O–H groups in total. The van der Waals surface area contributed by atoms with Gasteiger partial charge in [0.2, 0.25) is 0 Å². The highest BCUT2D eigenvalue weighted by atomic mass is 28.3. The van der Waals surface area contributed by atoms with Gasteiger partial charge < -0.3 is 4.66 Å². The van der Waals surface area contributed by atoms with Crippen molar-refractivity contribution in [2.75, 3.05) is 14.1 Å². The fourth-order valence-electron chi connectivity index (χ4n) is 1.14. The first-order valence-corrected chi connectivity index (χ1v) is 7.84. The Morgan fingerprint density at radius 3 is 1.86 bits per heavy atom. The van der Waals surface area contributed by atoms with Crippen molar-refractivity contribution in [2.24, 2.45) is 4.66 Å². The molecule has 1 rings (SSSR count). The number of amidine groups is 1. The molecule has 0 aromatic rings. The van der Waals surface area contributed by atoms with Crippen LogP contribution in [-0.2, 0) is 4.79 Å². The third kappa shape index (κ3) is 1.84. The maximum absolute atomic E-state index is 11.6. The quantitative estimate of drug-likeness (QED) is 0.476. The Labute approximate surface area is 84.5 Å². The van der Waals surface area contributed by atoms with E-state index in [1.165, 1.54) is 11.9 Å². The first-order chi connectivity index (χ1) is 6.24. The van der Waals surface area contributed by atoms with E-state index in [2.05, 4.69) is 4.66 Å². The summed E-state index contributed by atoms with van der Waals surface area (Å²) in [5, 5.41) is 0. The zero-order valence-corrected chi connectivity index (χ0v) is 10.2. The molecule has 3 amide bonds. The number of rotatable bonds is 1. The fourth-order valence-corrected chi connectivity index (χ4v) is 2.02.